The van der Waals surface area contributed by atoms with E-state index in [1.54, 1.807) is 7.11 Å². The molecule has 0 radical (unpaired) electrons. The molecule has 100 valence electrons. The molecular weight excluding hydrogens is 292 g/mol. The summed E-state index contributed by atoms with van der Waals surface area (Å²) in [6.07, 6.45) is 3.41. The minimum absolute atomic E-state index is 0.453. The summed E-state index contributed by atoms with van der Waals surface area (Å²) >= 11 is 3.51. The Labute approximate surface area is 117 Å². The molecule has 0 bridgehead atoms. The lowest BCUT2D eigenvalue weighted by Crippen LogP contribution is -2.41. The Balaban J connectivity index is 1.68. The predicted octanol–water partition coefficient (Wildman–Crippen LogP) is 2.33. The highest BCUT2D eigenvalue weighted by Gasteiger charge is 2.24. The normalized spacial score (nSPS) is 22.6. The maximum atomic E-state index is 5.76. The lowest BCUT2D eigenvalue weighted by Gasteiger charge is -2.32. The van der Waals surface area contributed by atoms with Gasteiger partial charge in [0.05, 0.1) is 11.6 Å². The van der Waals surface area contributed by atoms with E-state index in [-0.39, 0.29) is 0 Å². The second-order valence-corrected chi connectivity index (χ2v) is 5.87. The van der Waals surface area contributed by atoms with Crippen LogP contribution < -0.4 is 15.8 Å². The second-order valence-electron chi connectivity index (χ2n) is 5.02. The number of nitrogens with one attached hydrogen (secondary N) is 1. The molecule has 0 heterocycles. The van der Waals surface area contributed by atoms with Crippen molar-refractivity contribution >= 4 is 15.9 Å². The van der Waals surface area contributed by atoms with Gasteiger partial charge in [-0.1, -0.05) is 6.07 Å². The standard InChI is InChI=1S/C14H21BrN2O/c1-18-14-3-2-10(8-13(14)15)4-5-17-9-11-6-12(16)7-11/h2-3,8,11-12,17H,4-7,9,16H2,1H3. The Morgan fingerprint density at radius 1 is 1.44 bits per heavy atom. The van der Waals surface area contributed by atoms with Gasteiger partial charge >= 0.3 is 0 Å². The Morgan fingerprint density at radius 3 is 2.83 bits per heavy atom. The fraction of sp³-hybridized carbons (Fsp3) is 0.571. The molecule has 0 saturated heterocycles. The van der Waals surface area contributed by atoms with Gasteiger partial charge in [0.25, 0.3) is 0 Å². The third kappa shape index (κ3) is 3.70. The number of hydrogen-bond acceptors (Lipinski definition) is 3. The van der Waals surface area contributed by atoms with Gasteiger partial charge in [0.15, 0.2) is 0 Å². The zero-order valence-electron chi connectivity index (χ0n) is 10.8. The van der Waals surface area contributed by atoms with Crippen LogP contribution in [0.1, 0.15) is 18.4 Å². The summed E-state index contributed by atoms with van der Waals surface area (Å²) in [6.45, 7) is 2.12. The van der Waals surface area contributed by atoms with E-state index in [4.69, 9.17) is 10.5 Å². The molecule has 2 rings (SSSR count). The molecule has 0 spiro atoms. The average molecular weight is 313 g/mol. The molecule has 0 aliphatic heterocycles. The molecule has 0 amide bonds. The van der Waals surface area contributed by atoms with Crippen molar-refractivity contribution in [1.82, 2.24) is 5.32 Å². The average Bonchev–Trinajstić information content (AvgIpc) is 2.32. The summed E-state index contributed by atoms with van der Waals surface area (Å²) in [5, 5.41) is 3.50. The number of halogens is 1. The Kier molecular flexibility index (Phi) is 5.03. The minimum Gasteiger partial charge on any atom is -0.496 e. The highest BCUT2D eigenvalue weighted by molar-refractivity contribution is 9.10. The van der Waals surface area contributed by atoms with Gasteiger partial charge in [-0.05, 0) is 71.9 Å². The molecular formula is C14H21BrN2O. The molecule has 0 atom stereocenters. The van der Waals surface area contributed by atoms with Crippen molar-refractivity contribution in [2.45, 2.75) is 25.3 Å². The number of ether oxygens (including phenoxy) is 1. The third-order valence-electron chi connectivity index (χ3n) is 3.51. The number of hydrogen-bond donors (Lipinski definition) is 2. The van der Waals surface area contributed by atoms with Crippen LogP contribution in [0.25, 0.3) is 0 Å². The van der Waals surface area contributed by atoms with Gasteiger partial charge in [-0.25, -0.2) is 0 Å². The largest absolute Gasteiger partial charge is 0.496 e. The summed E-state index contributed by atoms with van der Waals surface area (Å²) in [5.74, 6) is 1.68. The van der Waals surface area contributed by atoms with Crippen LogP contribution in [0, 0.1) is 5.92 Å². The number of benzene rings is 1. The highest BCUT2D eigenvalue weighted by Crippen LogP contribution is 2.26. The first kappa shape index (κ1) is 13.8. The maximum Gasteiger partial charge on any atom is 0.133 e. The zero-order valence-corrected chi connectivity index (χ0v) is 12.4. The summed E-state index contributed by atoms with van der Waals surface area (Å²) in [7, 11) is 1.69. The molecule has 18 heavy (non-hydrogen) atoms. The fourth-order valence-electron chi connectivity index (χ4n) is 2.36. The van der Waals surface area contributed by atoms with Crippen molar-refractivity contribution in [1.29, 1.82) is 0 Å². The molecule has 1 saturated carbocycles. The monoisotopic (exact) mass is 312 g/mol. The zero-order chi connectivity index (χ0) is 13.0. The van der Waals surface area contributed by atoms with Gasteiger partial charge in [0, 0.05) is 6.04 Å². The molecule has 4 heteroatoms. The van der Waals surface area contributed by atoms with Crippen LogP contribution in [0.2, 0.25) is 0 Å². The van der Waals surface area contributed by atoms with Crippen molar-refractivity contribution in [3.63, 3.8) is 0 Å². The lowest BCUT2D eigenvalue weighted by molar-refractivity contribution is 0.257. The first-order valence-corrected chi connectivity index (χ1v) is 7.27. The third-order valence-corrected chi connectivity index (χ3v) is 4.13. The first-order chi connectivity index (χ1) is 8.69. The van der Waals surface area contributed by atoms with Crippen LogP contribution in [-0.4, -0.2) is 26.2 Å². The summed E-state index contributed by atoms with van der Waals surface area (Å²) in [6, 6.07) is 6.70. The van der Waals surface area contributed by atoms with Crippen molar-refractivity contribution < 1.29 is 4.74 Å². The van der Waals surface area contributed by atoms with E-state index in [0.29, 0.717) is 6.04 Å². The predicted molar refractivity (Wildman–Crippen MR) is 78.0 cm³/mol. The Bertz CT molecular complexity index is 391. The van der Waals surface area contributed by atoms with E-state index < -0.39 is 0 Å². The van der Waals surface area contributed by atoms with Crippen LogP contribution in [-0.2, 0) is 6.42 Å². The number of nitrogens with two attached hydrogens (primary N) is 1. The van der Waals surface area contributed by atoms with Crippen LogP contribution >= 0.6 is 15.9 Å². The SMILES string of the molecule is COc1ccc(CCNCC2CC(N)C2)cc1Br. The summed E-state index contributed by atoms with van der Waals surface area (Å²) in [5.41, 5.74) is 7.08. The molecule has 1 aliphatic carbocycles. The van der Waals surface area contributed by atoms with Gasteiger partial charge in [-0.3, -0.25) is 0 Å². The van der Waals surface area contributed by atoms with Gasteiger partial charge in [0.1, 0.15) is 5.75 Å². The molecule has 1 fully saturated rings. The quantitative estimate of drug-likeness (QED) is 0.793. The first-order valence-electron chi connectivity index (χ1n) is 6.47. The molecule has 1 aliphatic rings. The topological polar surface area (TPSA) is 47.3 Å². The Morgan fingerprint density at radius 2 is 2.22 bits per heavy atom. The minimum atomic E-state index is 0.453. The molecule has 3 nitrogen and oxygen atoms in total. The fourth-order valence-corrected chi connectivity index (χ4v) is 2.95. The van der Waals surface area contributed by atoms with Gasteiger partial charge in [0.2, 0.25) is 0 Å². The molecule has 3 N–H and O–H groups in total. The number of methoxy groups -OCH3 is 1. The van der Waals surface area contributed by atoms with Crippen molar-refractivity contribution in [2.24, 2.45) is 11.7 Å². The van der Waals surface area contributed by atoms with E-state index in [2.05, 4.69) is 33.4 Å². The Hall–Kier alpha value is -0.580. The van der Waals surface area contributed by atoms with Crippen LogP contribution in [0.3, 0.4) is 0 Å². The molecule has 0 unspecified atom stereocenters. The van der Waals surface area contributed by atoms with Crippen LogP contribution in [0.5, 0.6) is 5.75 Å². The summed E-state index contributed by atoms with van der Waals surface area (Å²) < 4.78 is 6.24. The van der Waals surface area contributed by atoms with Gasteiger partial charge < -0.3 is 15.8 Å². The van der Waals surface area contributed by atoms with Crippen molar-refractivity contribution in [3.05, 3.63) is 28.2 Å². The van der Waals surface area contributed by atoms with E-state index in [1.807, 2.05) is 6.07 Å². The van der Waals surface area contributed by atoms with Crippen LogP contribution in [0.15, 0.2) is 22.7 Å². The second kappa shape index (κ2) is 6.55. The van der Waals surface area contributed by atoms with E-state index in [1.165, 1.54) is 18.4 Å². The maximum absolute atomic E-state index is 5.76. The summed E-state index contributed by atoms with van der Waals surface area (Å²) in [4.78, 5) is 0. The van der Waals surface area contributed by atoms with Crippen molar-refractivity contribution in [2.75, 3.05) is 20.2 Å². The molecule has 1 aromatic rings. The van der Waals surface area contributed by atoms with E-state index in [0.717, 1.165) is 35.7 Å². The lowest BCUT2D eigenvalue weighted by atomic mass is 9.81. The highest BCUT2D eigenvalue weighted by atomic mass is 79.9. The molecule has 1 aromatic carbocycles. The van der Waals surface area contributed by atoms with Crippen LogP contribution in [0.4, 0.5) is 0 Å². The molecule has 0 aromatic heterocycles. The number of rotatable bonds is 6. The van der Waals surface area contributed by atoms with E-state index in [9.17, 15) is 0 Å². The van der Waals surface area contributed by atoms with E-state index >= 15 is 0 Å². The smallest absolute Gasteiger partial charge is 0.133 e. The van der Waals surface area contributed by atoms with Gasteiger partial charge in [-0.15, -0.1) is 0 Å². The van der Waals surface area contributed by atoms with Gasteiger partial charge in [-0.2, -0.15) is 0 Å². The van der Waals surface area contributed by atoms with Crippen molar-refractivity contribution in [3.8, 4) is 5.75 Å².